The van der Waals surface area contributed by atoms with E-state index in [2.05, 4.69) is 24.5 Å². The number of nitrogens with one attached hydrogen (secondary N) is 2. The Morgan fingerprint density at radius 1 is 1.08 bits per heavy atom. The lowest BCUT2D eigenvalue weighted by molar-refractivity contribution is -0.144. The first-order valence-electron chi connectivity index (χ1n) is 13.8. The highest BCUT2D eigenvalue weighted by atomic mass is 16.6. The molecule has 5 atom stereocenters. The molecule has 4 amide bonds. The fraction of sp³-hybridized carbons (Fsp3) is 0.621. The van der Waals surface area contributed by atoms with Crippen LogP contribution in [0.25, 0.3) is 0 Å². The van der Waals surface area contributed by atoms with Gasteiger partial charge in [0.25, 0.3) is 5.91 Å². The Morgan fingerprint density at radius 2 is 1.69 bits per heavy atom. The molecule has 0 spiro atoms. The number of hydrogen-bond donors (Lipinski definition) is 3. The predicted molar refractivity (Wildman–Crippen MR) is 143 cm³/mol. The van der Waals surface area contributed by atoms with Crippen LogP contribution < -0.4 is 16.4 Å². The molecule has 1 saturated carbocycles. The van der Waals surface area contributed by atoms with Gasteiger partial charge in [-0.15, -0.1) is 0 Å². The maximum absolute atomic E-state index is 14.2. The number of ether oxygens (including phenoxy) is 1. The number of piperidine rings is 1. The van der Waals surface area contributed by atoms with E-state index in [-0.39, 0.29) is 41.6 Å². The molecule has 1 heterocycles. The van der Waals surface area contributed by atoms with Crippen molar-refractivity contribution in [3.63, 3.8) is 0 Å². The SMILES string of the molecule is CCCC(NC(=O)[C@@H]1[C@@H]2[C@H](CN1C(=O)[C@@H](NC(=O)OC(C)C)C1Cc3ccccc3C1)C2(C)C)C(=O)C(N)=O. The van der Waals surface area contributed by atoms with E-state index in [0.717, 1.165) is 11.1 Å². The van der Waals surface area contributed by atoms with Gasteiger partial charge in [0.05, 0.1) is 12.1 Å². The van der Waals surface area contributed by atoms with Crippen molar-refractivity contribution < 1.29 is 28.7 Å². The minimum Gasteiger partial charge on any atom is -0.447 e. The molecule has 39 heavy (non-hydrogen) atoms. The first-order chi connectivity index (χ1) is 18.4. The van der Waals surface area contributed by atoms with Gasteiger partial charge < -0.3 is 26.0 Å². The van der Waals surface area contributed by atoms with Crippen LogP contribution in [0.5, 0.6) is 0 Å². The maximum Gasteiger partial charge on any atom is 0.408 e. The van der Waals surface area contributed by atoms with Crippen LogP contribution in [0.3, 0.4) is 0 Å². The molecule has 1 aromatic carbocycles. The molecular formula is C29H40N4O6. The third-order valence-electron chi connectivity index (χ3n) is 8.65. The van der Waals surface area contributed by atoms with E-state index in [1.807, 2.05) is 31.2 Å². The lowest BCUT2D eigenvalue weighted by atomic mass is 9.93. The van der Waals surface area contributed by atoms with Crippen LogP contribution in [-0.2, 0) is 36.8 Å². The third kappa shape index (κ3) is 5.65. The molecule has 4 N–H and O–H groups in total. The summed E-state index contributed by atoms with van der Waals surface area (Å²) in [6.45, 7) is 9.80. The molecule has 4 rings (SSSR count). The summed E-state index contributed by atoms with van der Waals surface area (Å²) in [5, 5.41) is 5.52. The predicted octanol–water partition coefficient (Wildman–Crippen LogP) is 1.73. The third-order valence-corrected chi connectivity index (χ3v) is 8.65. The van der Waals surface area contributed by atoms with Crippen LogP contribution in [0.15, 0.2) is 24.3 Å². The van der Waals surface area contributed by atoms with Crippen molar-refractivity contribution >= 4 is 29.6 Å². The summed E-state index contributed by atoms with van der Waals surface area (Å²) >= 11 is 0. The second-order valence-electron chi connectivity index (χ2n) is 12.0. The average Bonchev–Trinajstić information content (AvgIpc) is 3.24. The molecule has 1 aromatic rings. The Balaban J connectivity index is 1.60. The molecule has 2 aliphatic carbocycles. The highest BCUT2D eigenvalue weighted by molar-refractivity contribution is 6.37. The van der Waals surface area contributed by atoms with Gasteiger partial charge in [0.15, 0.2) is 0 Å². The van der Waals surface area contributed by atoms with Crippen molar-refractivity contribution in [1.82, 2.24) is 15.5 Å². The minimum atomic E-state index is -1.11. The number of benzene rings is 1. The number of hydrogen-bond acceptors (Lipinski definition) is 6. The molecule has 0 aromatic heterocycles. The minimum absolute atomic E-state index is 0.101. The number of Topliss-reactive ketones (excluding diaryl/α,β-unsaturated/α-hetero) is 1. The number of rotatable bonds is 10. The van der Waals surface area contributed by atoms with Gasteiger partial charge >= 0.3 is 6.09 Å². The molecule has 10 heteroatoms. The molecule has 0 radical (unpaired) electrons. The summed E-state index contributed by atoms with van der Waals surface area (Å²) in [7, 11) is 0. The number of nitrogens with two attached hydrogens (primary N) is 1. The number of primary amides is 1. The van der Waals surface area contributed by atoms with Crippen LogP contribution >= 0.6 is 0 Å². The maximum atomic E-state index is 14.2. The van der Waals surface area contributed by atoms with Crippen molar-refractivity contribution in [2.24, 2.45) is 28.9 Å². The van der Waals surface area contributed by atoms with Crippen LogP contribution in [0.4, 0.5) is 4.79 Å². The van der Waals surface area contributed by atoms with Crippen molar-refractivity contribution in [2.75, 3.05) is 6.54 Å². The van der Waals surface area contributed by atoms with Crippen LogP contribution in [0.2, 0.25) is 0 Å². The zero-order chi connectivity index (χ0) is 28.6. The zero-order valence-electron chi connectivity index (χ0n) is 23.4. The number of ketones is 1. The van der Waals surface area contributed by atoms with Crippen molar-refractivity contribution in [3.8, 4) is 0 Å². The quantitative estimate of drug-likeness (QED) is 0.385. The van der Waals surface area contributed by atoms with Crippen molar-refractivity contribution in [2.45, 2.75) is 84.5 Å². The second-order valence-corrected chi connectivity index (χ2v) is 12.0. The summed E-state index contributed by atoms with van der Waals surface area (Å²) in [6, 6.07) is 5.19. The van der Waals surface area contributed by atoms with E-state index in [0.29, 0.717) is 25.8 Å². The number of fused-ring (bicyclic) bond motifs is 2. The smallest absolute Gasteiger partial charge is 0.408 e. The topological polar surface area (TPSA) is 148 Å². The first kappa shape index (κ1) is 28.6. The van der Waals surface area contributed by atoms with Crippen molar-refractivity contribution in [1.29, 1.82) is 0 Å². The fourth-order valence-corrected chi connectivity index (χ4v) is 6.56. The highest BCUT2D eigenvalue weighted by Gasteiger charge is 2.69. The highest BCUT2D eigenvalue weighted by Crippen LogP contribution is 2.65. The van der Waals surface area contributed by atoms with Crippen LogP contribution in [-0.4, -0.2) is 65.3 Å². The van der Waals surface area contributed by atoms with E-state index in [1.165, 1.54) is 0 Å². The molecule has 3 aliphatic rings. The van der Waals surface area contributed by atoms with Gasteiger partial charge in [-0.25, -0.2) is 4.79 Å². The van der Waals surface area contributed by atoms with E-state index in [4.69, 9.17) is 10.5 Å². The molecule has 212 valence electrons. The molecule has 1 saturated heterocycles. The van der Waals surface area contributed by atoms with Gasteiger partial charge in [0, 0.05) is 6.54 Å². The summed E-state index contributed by atoms with van der Waals surface area (Å²) in [5.41, 5.74) is 7.33. The number of nitrogens with zero attached hydrogens (tertiary/aromatic N) is 1. The molecule has 1 unspecified atom stereocenters. The lowest BCUT2D eigenvalue weighted by Gasteiger charge is -2.35. The number of likely N-dealkylation sites (tertiary alicyclic amines) is 1. The largest absolute Gasteiger partial charge is 0.447 e. The molecule has 2 fully saturated rings. The van der Waals surface area contributed by atoms with Gasteiger partial charge in [-0.1, -0.05) is 51.5 Å². The number of amides is 4. The van der Waals surface area contributed by atoms with Gasteiger partial charge in [0.2, 0.25) is 17.6 Å². The fourth-order valence-electron chi connectivity index (χ4n) is 6.56. The summed E-state index contributed by atoms with van der Waals surface area (Å²) in [6.07, 6.45) is 1.00. The molecule has 1 aliphatic heterocycles. The first-order valence-corrected chi connectivity index (χ1v) is 13.8. The Labute approximate surface area is 229 Å². The van der Waals surface area contributed by atoms with Crippen LogP contribution in [0.1, 0.15) is 58.6 Å². The number of carbonyl (C=O) groups excluding carboxylic acids is 5. The van der Waals surface area contributed by atoms with E-state index in [9.17, 15) is 24.0 Å². The molecule has 0 bridgehead atoms. The van der Waals surface area contributed by atoms with E-state index < -0.39 is 41.8 Å². The van der Waals surface area contributed by atoms with E-state index in [1.54, 1.807) is 18.7 Å². The van der Waals surface area contributed by atoms with Crippen molar-refractivity contribution in [3.05, 3.63) is 35.4 Å². The summed E-state index contributed by atoms with van der Waals surface area (Å²) in [4.78, 5) is 66.1. The Kier molecular flexibility index (Phi) is 8.04. The van der Waals surface area contributed by atoms with Gasteiger partial charge in [-0.3, -0.25) is 19.2 Å². The van der Waals surface area contributed by atoms with Gasteiger partial charge in [-0.05, 0) is 67.4 Å². The van der Waals surface area contributed by atoms with E-state index >= 15 is 0 Å². The molecule has 10 nitrogen and oxygen atoms in total. The Hall–Kier alpha value is -3.43. The number of carbonyl (C=O) groups is 5. The monoisotopic (exact) mass is 540 g/mol. The van der Waals surface area contributed by atoms with Crippen LogP contribution in [0, 0.1) is 23.2 Å². The van der Waals surface area contributed by atoms with Gasteiger partial charge in [-0.2, -0.15) is 0 Å². The van der Waals surface area contributed by atoms with Gasteiger partial charge in [0.1, 0.15) is 12.1 Å². The summed E-state index contributed by atoms with van der Waals surface area (Å²) in [5.74, 6) is -2.97. The summed E-state index contributed by atoms with van der Waals surface area (Å²) < 4.78 is 5.31. The normalized spacial score (nSPS) is 24.4. The number of alkyl carbamates (subject to hydrolysis) is 1. The zero-order valence-corrected chi connectivity index (χ0v) is 23.4. The Bertz CT molecular complexity index is 1140. The average molecular weight is 541 g/mol. The Morgan fingerprint density at radius 3 is 2.23 bits per heavy atom. The lowest BCUT2D eigenvalue weighted by Crippen LogP contribution is -2.59. The molecular weight excluding hydrogens is 500 g/mol. The standard InChI is InChI=1S/C29H40N4O6/c1-6-9-20(24(34)25(30)35)31-26(36)23-21-19(29(21,4)5)14-33(23)27(37)22(32-28(38)39-15(2)3)18-12-16-10-7-8-11-17(16)13-18/h7-8,10-11,15,18-23H,6,9,12-14H2,1-5H3,(H2,30,35)(H,31,36)(H,32,38)/t19-,20?,21-,22-,23-/m0/s1. The second kappa shape index (κ2) is 11.0.